The Morgan fingerprint density at radius 1 is 1.58 bits per heavy atom. The molecule has 0 amide bonds. The van der Waals surface area contributed by atoms with Crippen molar-refractivity contribution in [3.8, 4) is 0 Å². The van der Waals surface area contributed by atoms with Crippen molar-refractivity contribution in [3.05, 3.63) is 12.7 Å². The summed E-state index contributed by atoms with van der Waals surface area (Å²) in [5.41, 5.74) is 0. The van der Waals surface area contributed by atoms with Gasteiger partial charge in [-0.25, -0.2) is 0 Å². The molecule has 0 radical (unpaired) electrons. The van der Waals surface area contributed by atoms with Crippen LogP contribution >= 0.6 is 0 Å². The van der Waals surface area contributed by atoms with Gasteiger partial charge in [0, 0.05) is 6.61 Å². The van der Waals surface area contributed by atoms with E-state index in [4.69, 9.17) is 4.74 Å². The number of unbranched alkanes of at least 4 members (excludes halogenated alkanes) is 1. The third-order valence-electron chi connectivity index (χ3n) is 1.85. The van der Waals surface area contributed by atoms with E-state index in [1.54, 1.807) is 6.08 Å². The number of hydrogen-bond donors (Lipinski definition) is 0. The first-order valence-corrected chi connectivity index (χ1v) is 4.45. The standard InChI is InChI=1S/C10H18O2/c1-4-6-7-12-9(3)10(5-2)8-11/h5,8-10H,2,4,6-7H2,1,3H3/t9-,10+/m1/s1. The molecule has 0 N–H and O–H groups in total. The van der Waals surface area contributed by atoms with Gasteiger partial charge in [0.05, 0.1) is 12.0 Å². The number of hydrogen-bond acceptors (Lipinski definition) is 2. The van der Waals surface area contributed by atoms with Crippen LogP contribution < -0.4 is 0 Å². The summed E-state index contributed by atoms with van der Waals surface area (Å²) in [7, 11) is 0. The van der Waals surface area contributed by atoms with Crippen molar-refractivity contribution in [1.82, 2.24) is 0 Å². The van der Waals surface area contributed by atoms with Gasteiger partial charge in [0.25, 0.3) is 0 Å². The van der Waals surface area contributed by atoms with Crippen molar-refractivity contribution in [1.29, 1.82) is 0 Å². The van der Waals surface area contributed by atoms with Crippen molar-refractivity contribution in [2.24, 2.45) is 5.92 Å². The van der Waals surface area contributed by atoms with Crippen LogP contribution in [0.3, 0.4) is 0 Å². The van der Waals surface area contributed by atoms with Gasteiger partial charge in [0.15, 0.2) is 0 Å². The zero-order valence-corrected chi connectivity index (χ0v) is 7.95. The highest BCUT2D eigenvalue weighted by Crippen LogP contribution is 2.06. The van der Waals surface area contributed by atoms with E-state index in [0.29, 0.717) is 0 Å². The summed E-state index contributed by atoms with van der Waals surface area (Å²) < 4.78 is 5.42. The average Bonchev–Trinajstić information content (AvgIpc) is 2.07. The lowest BCUT2D eigenvalue weighted by molar-refractivity contribution is -0.113. The predicted molar refractivity (Wildman–Crippen MR) is 50.1 cm³/mol. The molecule has 0 saturated carbocycles. The minimum atomic E-state index is -0.165. The molecule has 0 aromatic rings. The Morgan fingerprint density at radius 2 is 2.25 bits per heavy atom. The van der Waals surface area contributed by atoms with Gasteiger partial charge in [-0.2, -0.15) is 0 Å². The molecule has 12 heavy (non-hydrogen) atoms. The van der Waals surface area contributed by atoms with Gasteiger partial charge in [-0.3, -0.25) is 0 Å². The molecule has 0 unspecified atom stereocenters. The molecule has 0 aromatic carbocycles. The number of carbonyl (C=O) groups is 1. The molecular formula is C10H18O2. The summed E-state index contributed by atoms with van der Waals surface area (Å²) in [6.07, 6.45) is 4.64. The van der Waals surface area contributed by atoms with E-state index < -0.39 is 0 Å². The maximum Gasteiger partial charge on any atom is 0.129 e. The van der Waals surface area contributed by atoms with Gasteiger partial charge >= 0.3 is 0 Å². The molecule has 2 nitrogen and oxygen atoms in total. The third-order valence-corrected chi connectivity index (χ3v) is 1.85. The maximum atomic E-state index is 10.5. The van der Waals surface area contributed by atoms with Crippen LogP contribution in [0.15, 0.2) is 12.7 Å². The number of ether oxygens (including phenoxy) is 1. The Kier molecular flexibility index (Phi) is 6.67. The molecule has 2 atom stereocenters. The fourth-order valence-electron chi connectivity index (χ4n) is 0.883. The van der Waals surface area contributed by atoms with Crippen molar-refractivity contribution in [2.45, 2.75) is 32.8 Å². The molecule has 0 aliphatic rings. The van der Waals surface area contributed by atoms with Gasteiger partial charge < -0.3 is 9.53 Å². The monoisotopic (exact) mass is 170 g/mol. The minimum absolute atomic E-state index is 0.0356. The van der Waals surface area contributed by atoms with E-state index in [2.05, 4.69) is 13.5 Å². The van der Waals surface area contributed by atoms with Crippen molar-refractivity contribution in [3.63, 3.8) is 0 Å². The van der Waals surface area contributed by atoms with Crippen LogP contribution in [0.2, 0.25) is 0 Å². The van der Waals surface area contributed by atoms with E-state index >= 15 is 0 Å². The van der Waals surface area contributed by atoms with Crippen LogP contribution in [0.5, 0.6) is 0 Å². The van der Waals surface area contributed by atoms with E-state index in [9.17, 15) is 4.79 Å². The lowest BCUT2D eigenvalue weighted by Gasteiger charge is -2.15. The second-order valence-corrected chi connectivity index (χ2v) is 2.88. The number of rotatable bonds is 7. The van der Waals surface area contributed by atoms with E-state index in [-0.39, 0.29) is 12.0 Å². The molecule has 0 saturated heterocycles. The second-order valence-electron chi connectivity index (χ2n) is 2.88. The first-order valence-electron chi connectivity index (χ1n) is 4.45. The minimum Gasteiger partial charge on any atom is -0.377 e. The van der Waals surface area contributed by atoms with Gasteiger partial charge in [-0.15, -0.1) is 6.58 Å². The van der Waals surface area contributed by atoms with Crippen molar-refractivity contribution < 1.29 is 9.53 Å². The highest BCUT2D eigenvalue weighted by atomic mass is 16.5. The van der Waals surface area contributed by atoms with Crippen LogP contribution in [0.4, 0.5) is 0 Å². The zero-order chi connectivity index (χ0) is 9.40. The lowest BCUT2D eigenvalue weighted by Crippen LogP contribution is -2.20. The highest BCUT2D eigenvalue weighted by molar-refractivity contribution is 5.57. The van der Waals surface area contributed by atoms with Crippen LogP contribution in [0, 0.1) is 5.92 Å². The molecular weight excluding hydrogens is 152 g/mol. The summed E-state index contributed by atoms with van der Waals surface area (Å²) in [5.74, 6) is -0.165. The first kappa shape index (κ1) is 11.4. The van der Waals surface area contributed by atoms with E-state index in [1.807, 2.05) is 6.92 Å². The predicted octanol–water partition coefficient (Wildman–Crippen LogP) is 2.19. The Balaban J connectivity index is 3.60. The van der Waals surface area contributed by atoms with E-state index in [0.717, 1.165) is 25.7 Å². The van der Waals surface area contributed by atoms with Gasteiger partial charge in [0.2, 0.25) is 0 Å². The van der Waals surface area contributed by atoms with Gasteiger partial charge in [-0.1, -0.05) is 19.4 Å². The Hall–Kier alpha value is -0.630. The fourth-order valence-corrected chi connectivity index (χ4v) is 0.883. The number of aldehydes is 1. The molecule has 70 valence electrons. The second kappa shape index (κ2) is 7.04. The summed E-state index contributed by atoms with van der Waals surface area (Å²) in [5, 5.41) is 0. The summed E-state index contributed by atoms with van der Waals surface area (Å²) >= 11 is 0. The van der Waals surface area contributed by atoms with Crippen LogP contribution in [-0.2, 0) is 9.53 Å². The first-order chi connectivity index (χ1) is 5.76. The normalized spacial score (nSPS) is 15.2. The topological polar surface area (TPSA) is 26.3 Å². The zero-order valence-electron chi connectivity index (χ0n) is 7.95. The maximum absolute atomic E-state index is 10.5. The highest BCUT2D eigenvalue weighted by Gasteiger charge is 2.12. The molecule has 0 spiro atoms. The molecule has 0 heterocycles. The van der Waals surface area contributed by atoms with Crippen LogP contribution in [-0.4, -0.2) is 19.0 Å². The average molecular weight is 170 g/mol. The molecule has 0 aromatic heterocycles. The molecule has 0 bridgehead atoms. The number of carbonyl (C=O) groups excluding carboxylic acids is 1. The van der Waals surface area contributed by atoms with Gasteiger partial charge in [0.1, 0.15) is 6.29 Å². The summed E-state index contributed by atoms with van der Waals surface area (Å²) in [6, 6.07) is 0. The molecule has 0 aliphatic carbocycles. The summed E-state index contributed by atoms with van der Waals surface area (Å²) in [4.78, 5) is 10.5. The fraction of sp³-hybridized carbons (Fsp3) is 0.700. The van der Waals surface area contributed by atoms with E-state index in [1.165, 1.54) is 0 Å². The SMILES string of the molecule is C=C[C@@H](C=O)[C@@H](C)OCCCC. The Labute approximate surface area is 74.6 Å². The largest absolute Gasteiger partial charge is 0.377 e. The summed E-state index contributed by atoms with van der Waals surface area (Å²) in [6.45, 7) is 8.31. The van der Waals surface area contributed by atoms with Crippen LogP contribution in [0.25, 0.3) is 0 Å². The third kappa shape index (κ3) is 4.29. The van der Waals surface area contributed by atoms with Crippen molar-refractivity contribution in [2.75, 3.05) is 6.61 Å². The lowest BCUT2D eigenvalue weighted by atomic mass is 10.1. The van der Waals surface area contributed by atoms with Gasteiger partial charge in [-0.05, 0) is 13.3 Å². The smallest absolute Gasteiger partial charge is 0.129 e. The Bertz CT molecular complexity index is 124. The molecule has 2 heteroatoms. The molecule has 0 aliphatic heterocycles. The van der Waals surface area contributed by atoms with Crippen LogP contribution in [0.1, 0.15) is 26.7 Å². The molecule has 0 rings (SSSR count). The van der Waals surface area contributed by atoms with Crippen molar-refractivity contribution >= 4 is 6.29 Å². The Morgan fingerprint density at radius 3 is 2.67 bits per heavy atom. The molecule has 0 fully saturated rings. The quantitative estimate of drug-likeness (QED) is 0.332.